The Morgan fingerprint density at radius 2 is 1.71 bits per heavy atom. The number of benzene rings is 1. The molecule has 28 heavy (non-hydrogen) atoms. The van der Waals surface area contributed by atoms with Gasteiger partial charge in [-0.15, -0.1) is 10.2 Å². The van der Waals surface area contributed by atoms with Crippen molar-refractivity contribution >= 4 is 23.6 Å². The molecule has 0 radical (unpaired) electrons. The van der Waals surface area contributed by atoms with Gasteiger partial charge < -0.3 is 14.4 Å². The van der Waals surface area contributed by atoms with E-state index in [4.69, 9.17) is 0 Å². The Balaban J connectivity index is 1.39. The van der Waals surface area contributed by atoms with E-state index >= 15 is 0 Å². The van der Waals surface area contributed by atoms with Gasteiger partial charge in [0, 0.05) is 39.0 Å². The van der Waals surface area contributed by atoms with Gasteiger partial charge >= 0.3 is 0 Å². The van der Waals surface area contributed by atoms with E-state index in [2.05, 4.69) is 26.9 Å². The third-order valence-corrected chi connectivity index (χ3v) is 6.23. The standard InChI is InChI=1S/C20H25N5O2S/c1-15(26)23-9-11-24(12-10-23)18(27)14-28-20-22-21-19(17-7-8-17)25(20)13-16-5-3-2-4-6-16/h2-6,17H,7-14H2,1H3. The molecule has 0 atom stereocenters. The largest absolute Gasteiger partial charge is 0.339 e. The molecule has 2 fully saturated rings. The fourth-order valence-corrected chi connectivity index (χ4v) is 4.30. The highest BCUT2D eigenvalue weighted by Gasteiger charge is 2.31. The number of carbonyl (C=O) groups excluding carboxylic acids is 2. The van der Waals surface area contributed by atoms with Crippen LogP contribution in [0.1, 0.15) is 37.1 Å². The minimum atomic E-state index is 0.0723. The summed E-state index contributed by atoms with van der Waals surface area (Å²) in [5, 5.41) is 9.60. The van der Waals surface area contributed by atoms with Gasteiger partial charge in [-0.3, -0.25) is 9.59 Å². The molecule has 1 saturated carbocycles. The van der Waals surface area contributed by atoms with Gasteiger partial charge in [-0.2, -0.15) is 0 Å². The first-order valence-electron chi connectivity index (χ1n) is 9.75. The molecule has 0 bridgehead atoms. The fraction of sp³-hybridized carbons (Fsp3) is 0.500. The highest BCUT2D eigenvalue weighted by Crippen LogP contribution is 2.40. The van der Waals surface area contributed by atoms with E-state index in [-0.39, 0.29) is 11.8 Å². The number of piperazine rings is 1. The Morgan fingerprint density at radius 3 is 2.36 bits per heavy atom. The minimum Gasteiger partial charge on any atom is -0.339 e. The smallest absolute Gasteiger partial charge is 0.233 e. The quantitative estimate of drug-likeness (QED) is 0.695. The number of amides is 2. The molecule has 8 heteroatoms. The normalized spacial score (nSPS) is 17.0. The minimum absolute atomic E-state index is 0.0723. The molecule has 7 nitrogen and oxygen atoms in total. The van der Waals surface area contributed by atoms with Crippen molar-refractivity contribution in [2.24, 2.45) is 0 Å². The van der Waals surface area contributed by atoms with E-state index in [0.29, 0.717) is 37.8 Å². The number of nitrogens with zero attached hydrogens (tertiary/aromatic N) is 5. The summed E-state index contributed by atoms with van der Waals surface area (Å²) in [6.07, 6.45) is 2.33. The average molecular weight is 400 g/mol. The van der Waals surface area contributed by atoms with Gasteiger partial charge in [0.15, 0.2) is 5.16 Å². The molecule has 1 aliphatic heterocycles. The van der Waals surface area contributed by atoms with Crippen molar-refractivity contribution in [3.05, 3.63) is 41.7 Å². The highest BCUT2D eigenvalue weighted by molar-refractivity contribution is 7.99. The molecule has 2 heterocycles. The maximum Gasteiger partial charge on any atom is 0.233 e. The monoisotopic (exact) mass is 399 g/mol. The molecule has 1 saturated heterocycles. The Morgan fingerprint density at radius 1 is 1.04 bits per heavy atom. The average Bonchev–Trinajstić information content (AvgIpc) is 3.49. The molecule has 1 aliphatic carbocycles. The summed E-state index contributed by atoms with van der Waals surface area (Å²) < 4.78 is 2.17. The van der Waals surface area contributed by atoms with Crippen molar-refractivity contribution in [3.8, 4) is 0 Å². The zero-order chi connectivity index (χ0) is 19.5. The first-order valence-corrected chi connectivity index (χ1v) is 10.7. The van der Waals surface area contributed by atoms with Gasteiger partial charge in [0.2, 0.25) is 11.8 Å². The van der Waals surface area contributed by atoms with Crippen molar-refractivity contribution in [1.29, 1.82) is 0 Å². The second kappa shape index (κ2) is 8.34. The van der Waals surface area contributed by atoms with Crippen molar-refractivity contribution in [3.63, 3.8) is 0 Å². The lowest BCUT2D eigenvalue weighted by Gasteiger charge is -2.34. The van der Waals surface area contributed by atoms with Crippen LogP contribution < -0.4 is 0 Å². The van der Waals surface area contributed by atoms with Crippen LogP contribution in [0.2, 0.25) is 0 Å². The summed E-state index contributed by atoms with van der Waals surface area (Å²) >= 11 is 1.46. The first kappa shape index (κ1) is 19.0. The topological polar surface area (TPSA) is 71.3 Å². The van der Waals surface area contributed by atoms with Gasteiger partial charge in [-0.05, 0) is 18.4 Å². The van der Waals surface area contributed by atoms with Crippen molar-refractivity contribution in [1.82, 2.24) is 24.6 Å². The summed E-state index contributed by atoms with van der Waals surface area (Å²) in [5.41, 5.74) is 1.21. The molecule has 4 rings (SSSR count). The molecule has 0 unspecified atom stereocenters. The zero-order valence-electron chi connectivity index (χ0n) is 16.1. The molecule has 0 N–H and O–H groups in total. The van der Waals surface area contributed by atoms with Gasteiger partial charge in [-0.1, -0.05) is 42.1 Å². The van der Waals surface area contributed by atoms with E-state index in [9.17, 15) is 9.59 Å². The van der Waals surface area contributed by atoms with Crippen molar-refractivity contribution in [2.45, 2.75) is 37.4 Å². The SMILES string of the molecule is CC(=O)N1CCN(C(=O)CSc2nnc(C3CC3)n2Cc2ccccc2)CC1. The molecule has 2 aliphatic rings. The van der Waals surface area contributed by atoms with Crippen LogP contribution in [0.5, 0.6) is 0 Å². The molecule has 1 aromatic carbocycles. The lowest BCUT2D eigenvalue weighted by atomic mass is 10.2. The number of aromatic nitrogens is 3. The second-order valence-corrected chi connectivity index (χ2v) is 8.30. The summed E-state index contributed by atoms with van der Waals surface area (Å²) in [4.78, 5) is 27.7. The van der Waals surface area contributed by atoms with E-state index in [1.54, 1.807) is 11.8 Å². The number of hydrogen-bond acceptors (Lipinski definition) is 5. The maximum absolute atomic E-state index is 12.6. The number of carbonyl (C=O) groups is 2. The predicted octanol–water partition coefficient (Wildman–Crippen LogP) is 1.99. The summed E-state index contributed by atoms with van der Waals surface area (Å²) in [6, 6.07) is 10.3. The Hall–Kier alpha value is -2.35. The van der Waals surface area contributed by atoms with Crippen LogP contribution in [0.25, 0.3) is 0 Å². The number of hydrogen-bond donors (Lipinski definition) is 0. The van der Waals surface area contributed by atoms with E-state index in [1.807, 2.05) is 23.1 Å². The zero-order valence-corrected chi connectivity index (χ0v) is 16.9. The maximum atomic E-state index is 12.6. The van der Waals surface area contributed by atoms with Gasteiger partial charge in [0.25, 0.3) is 0 Å². The Bertz CT molecular complexity index is 842. The predicted molar refractivity (Wildman–Crippen MR) is 107 cm³/mol. The number of rotatable bonds is 6. The fourth-order valence-electron chi connectivity index (χ4n) is 3.45. The molecule has 148 valence electrons. The van der Waals surface area contributed by atoms with Crippen LogP contribution in [0.15, 0.2) is 35.5 Å². The molecule has 0 spiro atoms. The van der Waals surface area contributed by atoms with Crippen molar-refractivity contribution < 1.29 is 9.59 Å². The van der Waals surface area contributed by atoms with Gasteiger partial charge in [0.05, 0.1) is 12.3 Å². The van der Waals surface area contributed by atoms with Crippen LogP contribution in [0.3, 0.4) is 0 Å². The molecule has 2 amide bonds. The van der Waals surface area contributed by atoms with Crippen LogP contribution in [0, 0.1) is 0 Å². The molecular formula is C20H25N5O2S. The third-order valence-electron chi connectivity index (χ3n) is 5.27. The lowest BCUT2D eigenvalue weighted by molar-refractivity contribution is -0.136. The Labute approximate surface area is 169 Å². The van der Waals surface area contributed by atoms with Crippen LogP contribution in [0.4, 0.5) is 0 Å². The highest BCUT2D eigenvalue weighted by atomic mass is 32.2. The molecule has 1 aromatic heterocycles. The van der Waals surface area contributed by atoms with Crippen molar-refractivity contribution in [2.75, 3.05) is 31.9 Å². The summed E-state index contributed by atoms with van der Waals surface area (Å²) in [6.45, 7) is 4.73. The number of thioether (sulfide) groups is 1. The van der Waals surface area contributed by atoms with E-state index in [1.165, 1.54) is 17.3 Å². The van der Waals surface area contributed by atoms with Crippen LogP contribution in [-0.2, 0) is 16.1 Å². The summed E-state index contributed by atoms with van der Waals surface area (Å²) in [7, 11) is 0. The third kappa shape index (κ3) is 4.38. The van der Waals surface area contributed by atoms with Gasteiger partial charge in [0.1, 0.15) is 5.82 Å². The van der Waals surface area contributed by atoms with Crippen LogP contribution in [-0.4, -0.2) is 68.3 Å². The van der Waals surface area contributed by atoms with E-state index in [0.717, 1.165) is 30.4 Å². The van der Waals surface area contributed by atoms with E-state index < -0.39 is 0 Å². The first-order chi connectivity index (χ1) is 13.6. The Kier molecular flexibility index (Phi) is 5.66. The second-order valence-electron chi connectivity index (χ2n) is 7.36. The summed E-state index contributed by atoms with van der Waals surface area (Å²) in [5.74, 6) is 2.05. The van der Waals surface area contributed by atoms with Gasteiger partial charge in [-0.25, -0.2) is 0 Å². The molecular weight excluding hydrogens is 374 g/mol. The molecule has 2 aromatic rings. The lowest BCUT2D eigenvalue weighted by Crippen LogP contribution is -2.50. The van der Waals surface area contributed by atoms with Crippen LogP contribution >= 0.6 is 11.8 Å².